The van der Waals surface area contributed by atoms with Crippen molar-refractivity contribution in [3.05, 3.63) is 23.8 Å². The molecule has 1 aromatic rings. The number of hydrogen-bond acceptors (Lipinski definition) is 3. The third kappa shape index (κ3) is 2.59. The number of anilines is 1. The van der Waals surface area contributed by atoms with Gasteiger partial charge in [0.1, 0.15) is 5.75 Å². The highest BCUT2D eigenvalue weighted by atomic mass is 16.5. The van der Waals surface area contributed by atoms with Gasteiger partial charge in [-0.05, 0) is 30.5 Å². The average Bonchev–Trinajstić information content (AvgIpc) is 2.42. The lowest BCUT2D eigenvalue weighted by Gasteiger charge is -2.32. The van der Waals surface area contributed by atoms with Crippen molar-refractivity contribution in [3.63, 3.8) is 0 Å². The molecule has 104 valence electrons. The van der Waals surface area contributed by atoms with Crippen LogP contribution < -0.4 is 15.4 Å². The first kappa shape index (κ1) is 13.9. The van der Waals surface area contributed by atoms with Gasteiger partial charge in [-0.2, -0.15) is 0 Å². The number of benzene rings is 1. The summed E-state index contributed by atoms with van der Waals surface area (Å²) in [6.07, 6.45) is 2.29. The highest BCUT2D eigenvalue weighted by Crippen LogP contribution is 2.36. The number of nitrogens with zero attached hydrogens (tertiary/aromatic N) is 1. The van der Waals surface area contributed by atoms with E-state index in [2.05, 4.69) is 6.92 Å². The number of fused-ring (bicyclic) bond motifs is 1. The Morgan fingerprint density at radius 3 is 2.79 bits per heavy atom. The molecule has 0 fully saturated rings. The smallest absolute Gasteiger partial charge is 0.267 e. The standard InChI is InChI=1S/C15H22N2O2/c1-4-6-11(16)10-7-8-14-12(9-10)17(3)15(18)13(5-2)19-14/h7-9,11,13H,4-6,16H2,1-3H3. The zero-order chi connectivity index (χ0) is 14.0. The Labute approximate surface area is 114 Å². The summed E-state index contributed by atoms with van der Waals surface area (Å²) in [6, 6.07) is 5.91. The zero-order valence-electron chi connectivity index (χ0n) is 11.8. The number of amides is 1. The first-order valence-corrected chi connectivity index (χ1v) is 6.92. The van der Waals surface area contributed by atoms with Gasteiger partial charge in [-0.1, -0.05) is 26.3 Å². The molecule has 1 aliphatic heterocycles. The second kappa shape index (κ2) is 5.61. The van der Waals surface area contributed by atoms with Crippen molar-refractivity contribution in [2.75, 3.05) is 11.9 Å². The molecule has 2 N–H and O–H groups in total. The molecule has 4 nitrogen and oxygen atoms in total. The summed E-state index contributed by atoms with van der Waals surface area (Å²) in [5.74, 6) is 0.776. The normalized spacial score (nSPS) is 19.9. The van der Waals surface area contributed by atoms with Crippen LogP contribution in [-0.4, -0.2) is 19.1 Å². The van der Waals surface area contributed by atoms with Gasteiger partial charge in [-0.3, -0.25) is 4.79 Å². The second-order valence-electron chi connectivity index (χ2n) is 5.03. The molecule has 0 radical (unpaired) electrons. The third-order valence-corrected chi connectivity index (χ3v) is 3.62. The SMILES string of the molecule is CCCC(N)c1ccc2c(c1)N(C)C(=O)C(CC)O2. The summed E-state index contributed by atoms with van der Waals surface area (Å²) < 4.78 is 5.73. The van der Waals surface area contributed by atoms with Crippen LogP contribution in [0.2, 0.25) is 0 Å². The Kier molecular flexibility index (Phi) is 4.10. The molecule has 2 atom stereocenters. The Hall–Kier alpha value is -1.55. The van der Waals surface area contributed by atoms with Crippen LogP contribution in [0.1, 0.15) is 44.7 Å². The van der Waals surface area contributed by atoms with Crippen LogP contribution in [0.4, 0.5) is 5.69 Å². The van der Waals surface area contributed by atoms with Crippen LogP contribution in [0, 0.1) is 0 Å². The summed E-state index contributed by atoms with van der Waals surface area (Å²) in [6.45, 7) is 4.07. The molecule has 0 aliphatic carbocycles. The first-order chi connectivity index (χ1) is 9.08. The molecule has 1 amide bonds. The molecular formula is C15H22N2O2. The topological polar surface area (TPSA) is 55.6 Å². The molecule has 1 heterocycles. The van der Waals surface area contributed by atoms with Crippen LogP contribution >= 0.6 is 0 Å². The van der Waals surface area contributed by atoms with E-state index in [0.717, 1.165) is 29.8 Å². The minimum absolute atomic E-state index is 0.0104. The van der Waals surface area contributed by atoms with Crippen molar-refractivity contribution in [1.82, 2.24) is 0 Å². The molecule has 1 aromatic carbocycles. The fourth-order valence-electron chi connectivity index (χ4n) is 2.40. The van der Waals surface area contributed by atoms with Gasteiger partial charge in [0.25, 0.3) is 5.91 Å². The van der Waals surface area contributed by atoms with E-state index in [1.54, 1.807) is 11.9 Å². The molecule has 2 unspecified atom stereocenters. The van der Waals surface area contributed by atoms with E-state index in [1.165, 1.54) is 0 Å². The van der Waals surface area contributed by atoms with Crippen molar-refractivity contribution in [3.8, 4) is 5.75 Å². The monoisotopic (exact) mass is 262 g/mol. The number of carbonyl (C=O) groups excluding carboxylic acids is 1. The van der Waals surface area contributed by atoms with Crippen LogP contribution in [0.3, 0.4) is 0 Å². The predicted molar refractivity (Wildman–Crippen MR) is 76.4 cm³/mol. The molecule has 0 saturated heterocycles. The van der Waals surface area contributed by atoms with E-state index in [0.29, 0.717) is 6.42 Å². The Bertz CT molecular complexity index is 473. The van der Waals surface area contributed by atoms with E-state index in [-0.39, 0.29) is 18.1 Å². The molecule has 0 bridgehead atoms. The predicted octanol–water partition coefficient (Wildman–Crippen LogP) is 2.62. The Morgan fingerprint density at radius 1 is 1.42 bits per heavy atom. The van der Waals surface area contributed by atoms with E-state index in [1.807, 2.05) is 25.1 Å². The van der Waals surface area contributed by atoms with Crippen molar-refractivity contribution in [2.24, 2.45) is 5.73 Å². The average molecular weight is 262 g/mol. The quantitative estimate of drug-likeness (QED) is 0.907. The van der Waals surface area contributed by atoms with Crippen molar-refractivity contribution < 1.29 is 9.53 Å². The van der Waals surface area contributed by atoms with Gasteiger partial charge in [-0.25, -0.2) is 0 Å². The van der Waals surface area contributed by atoms with E-state index in [9.17, 15) is 4.79 Å². The van der Waals surface area contributed by atoms with Crippen molar-refractivity contribution >= 4 is 11.6 Å². The summed E-state index contributed by atoms with van der Waals surface area (Å²) in [7, 11) is 1.79. The van der Waals surface area contributed by atoms with Crippen molar-refractivity contribution in [1.29, 1.82) is 0 Å². The summed E-state index contributed by atoms with van der Waals surface area (Å²) in [4.78, 5) is 13.8. The first-order valence-electron chi connectivity index (χ1n) is 6.92. The highest BCUT2D eigenvalue weighted by Gasteiger charge is 2.31. The maximum Gasteiger partial charge on any atom is 0.267 e. The van der Waals surface area contributed by atoms with E-state index in [4.69, 9.17) is 10.5 Å². The number of carbonyl (C=O) groups is 1. The number of rotatable bonds is 4. The number of nitrogens with two attached hydrogens (primary N) is 1. The molecule has 0 spiro atoms. The fraction of sp³-hybridized carbons (Fsp3) is 0.533. The lowest BCUT2D eigenvalue weighted by atomic mass is 10.0. The molecule has 19 heavy (non-hydrogen) atoms. The fourth-order valence-corrected chi connectivity index (χ4v) is 2.40. The van der Waals surface area contributed by atoms with Gasteiger partial charge in [0.15, 0.2) is 6.10 Å². The van der Waals surface area contributed by atoms with Gasteiger partial charge in [-0.15, -0.1) is 0 Å². The van der Waals surface area contributed by atoms with Crippen LogP contribution in [0.15, 0.2) is 18.2 Å². The Balaban J connectivity index is 2.33. The van der Waals surface area contributed by atoms with Gasteiger partial charge < -0.3 is 15.4 Å². The van der Waals surface area contributed by atoms with Gasteiger partial charge >= 0.3 is 0 Å². The van der Waals surface area contributed by atoms with Crippen LogP contribution in [-0.2, 0) is 4.79 Å². The molecule has 4 heteroatoms. The zero-order valence-corrected chi connectivity index (χ0v) is 11.8. The lowest BCUT2D eigenvalue weighted by Crippen LogP contribution is -2.43. The summed E-state index contributed by atoms with van der Waals surface area (Å²) in [5.41, 5.74) is 8.00. The van der Waals surface area contributed by atoms with E-state index < -0.39 is 0 Å². The van der Waals surface area contributed by atoms with Crippen LogP contribution in [0.25, 0.3) is 0 Å². The van der Waals surface area contributed by atoms with Gasteiger partial charge in [0.05, 0.1) is 5.69 Å². The maximum absolute atomic E-state index is 12.1. The lowest BCUT2D eigenvalue weighted by molar-refractivity contribution is -0.126. The summed E-state index contributed by atoms with van der Waals surface area (Å²) in [5, 5.41) is 0. The molecule has 0 aromatic heterocycles. The maximum atomic E-state index is 12.1. The number of ether oxygens (including phenoxy) is 1. The molecule has 0 saturated carbocycles. The van der Waals surface area contributed by atoms with E-state index >= 15 is 0 Å². The van der Waals surface area contributed by atoms with Gasteiger partial charge in [0.2, 0.25) is 0 Å². The number of likely N-dealkylation sites (N-methyl/N-ethyl adjacent to an activating group) is 1. The molecule has 2 rings (SSSR count). The van der Waals surface area contributed by atoms with Crippen molar-refractivity contribution in [2.45, 2.75) is 45.3 Å². The minimum Gasteiger partial charge on any atom is -0.478 e. The summed E-state index contributed by atoms with van der Waals surface area (Å²) >= 11 is 0. The third-order valence-electron chi connectivity index (χ3n) is 3.62. The minimum atomic E-state index is -0.368. The highest BCUT2D eigenvalue weighted by molar-refractivity contribution is 5.99. The molecule has 1 aliphatic rings. The Morgan fingerprint density at radius 2 is 2.16 bits per heavy atom. The van der Waals surface area contributed by atoms with Crippen LogP contribution in [0.5, 0.6) is 5.75 Å². The van der Waals surface area contributed by atoms with Gasteiger partial charge in [0, 0.05) is 13.1 Å². The molecular weight excluding hydrogens is 240 g/mol. The second-order valence-corrected chi connectivity index (χ2v) is 5.03. The number of hydrogen-bond donors (Lipinski definition) is 1. The largest absolute Gasteiger partial charge is 0.478 e.